The first-order valence-corrected chi connectivity index (χ1v) is 8.82. The summed E-state index contributed by atoms with van der Waals surface area (Å²) in [4.78, 5) is 24.9. The van der Waals surface area contributed by atoms with Gasteiger partial charge in [0.25, 0.3) is 0 Å². The molecule has 0 aromatic carbocycles. The Morgan fingerprint density at radius 3 is 2.52 bits per heavy atom. The van der Waals surface area contributed by atoms with Gasteiger partial charge in [0, 0.05) is 17.5 Å². The number of hydrogen-bond donors (Lipinski definition) is 2. The van der Waals surface area contributed by atoms with Crippen molar-refractivity contribution in [3.05, 3.63) is 22.4 Å². The molecule has 1 aromatic heterocycles. The van der Waals surface area contributed by atoms with E-state index in [9.17, 15) is 9.59 Å². The SMILES string of the molecule is CC(C)C[C@@H](CNC(=O)Cc1cccs1)NC(=O)OC(C)(C)C. The van der Waals surface area contributed by atoms with Gasteiger partial charge >= 0.3 is 6.09 Å². The van der Waals surface area contributed by atoms with Crippen molar-refractivity contribution < 1.29 is 14.3 Å². The van der Waals surface area contributed by atoms with Gasteiger partial charge in [-0.2, -0.15) is 0 Å². The number of thiophene rings is 1. The first kappa shape index (κ1) is 19.5. The Morgan fingerprint density at radius 2 is 2.00 bits per heavy atom. The second-order valence-electron chi connectivity index (χ2n) is 7.03. The van der Waals surface area contributed by atoms with E-state index in [1.54, 1.807) is 11.3 Å². The Morgan fingerprint density at radius 1 is 1.30 bits per heavy atom. The molecule has 0 fully saturated rings. The fraction of sp³-hybridized carbons (Fsp3) is 0.647. The molecule has 2 amide bonds. The maximum atomic E-state index is 12.0. The number of alkyl carbamates (subject to hydrolysis) is 1. The predicted octanol–water partition coefficient (Wildman–Crippen LogP) is 3.35. The van der Waals surface area contributed by atoms with Crippen molar-refractivity contribution in [3.8, 4) is 0 Å². The van der Waals surface area contributed by atoms with Crippen LogP contribution in [0.15, 0.2) is 17.5 Å². The molecule has 1 heterocycles. The van der Waals surface area contributed by atoms with Gasteiger partial charge in [-0.15, -0.1) is 11.3 Å². The maximum absolute atomic E-state index is 12.0. The van der Waals surface area contributed by atoms with Crippen molar-refractivity contribution in [2.45, 2.75) is 59.1 Å². The maximum Gasteiger partial charge on any atom is 0.407 e. The lowest BCUT2D eigenvalue weighted by Gasteiger charge is -2.24. The summed E-state index contributed by atoms with van der Waals surface area (Å²) in [7, 11) is 0. The van der Waals surface area contributed by atoms with Gasteiger partial charge in [-0.3, -0.25) is 4.79 Å². The molecule has 0 unspecified atom stereocenters. The zero-order chi connectivity index (χ0) is 17.5. The number of rotatable bonds is 7. The third-order valence-electron chi connectivity index (χ3n) is 2.94. The molecule has 0 radical (unpaired) electrons. The Bertz CT molecular complexity index is 492. The Hall–Kier alpha value is -1.56. The lowest BCUT2D eigenvalue weighted by atomic mass is 10.0. The first-order chi connectivity index (χ1) is 10.7. The van der Waals surface area contributed by atoms with Crippen molar-refractivity contribution >= 4 is 23.3 Å². The van der Waals surface area contributed by atoms with Gasteiger partial charge in [0.05, 0.1) is 6.42 Å². The molecule has 0 saturated carbocycles. The molecule has 1 atom stereocenters. The monoisotopic (exact) mass is 340 g/mol. The molecule has 0 aliphatic carbocycles. The quantitative estimate of drug-likeness (QED) is 0.800. The smallest absolute Gasteiger partial charge is 0.407 e. The van der Waals surface area contributed by atoms with E-state index >= 15 is 0 Å². The van der Waals surface area contributed by atoms with Crippen LogP contribution in [0.3, 0.4) is 0 Å². The summed E-state index contributed by atoms with van der Waals surface area (Å²) >= 11 is 1.56. The Kier molecular flexibility index (Phi) is 7.55. The number of nitrogens with one attached hydrogen (secondary N) is 2. The fourth-order valence-corrected chi connectivity index (χ4v) is 2.81. The Balaban J connectivity index is 2.47. The first-order valence-electron chi connectivity index (χ1n) is 7.94. The minimum Gasteiger partial charge on any atom is -0.444 e. The average molecular weight is 340 g/mol. The highest BCUT2D eigenvalue weighted by Gasteiger charge is 2.20. The molecule has 23 heavy (non-hydrogen) atoms. The normalized spacial score (nSPS) is 12.8. The van der Waals surface area contributed by atoms with Crippen molar-refractivity contribution in [1.29, 1.82) is 0 Å². The van der Waals surface area contributed by atoms with E-state index in [1.807, 2.05) is 38.3 Å². The molecule has 0 aliphatic rings. The van der Waals surface area contributed by atoms with E-state index in [1.165, 1.54) is 0 Å². The van der Waals surface area contributed by atoms with Crippen LogP contribution in [0.25, 0.3) is 0 Å². The van der Waals surface area contributed by atoms with Gasteiger partial charge in [0.2, 0.25) is 5.91 Å². The molecule has 1 aromatic rings. The van der Waals surface area contributed by atoms with Crippen LogP contribution in [0.1, 0.15) is 45.9 Å². The van der Waals surface area contributed by atoms with Crippen LogP contribution in [0.2, 0.25) is 0 Å². The van der Waals surface area contributed by atoms with Crippen molar-refractivity contribution in [3.63, 3.8) is 0 Å². The summed E-state index contributed by atoms with van der Waals surface area (Å²) in [5, 5.41) is 7.69. The summed E-state index contributed by atoms with van der Waals surface area (Å²) in [6.07, 6.45) is 0.701. The van der Waals surface area contributed by atoms with E-state index in [0.717, 1.165) is 11.3 Å². The third-order valence-corrected chi connectivity index (χ3v) is 3.81. The van der Waals surface area contributed by atoms with Crippen LogP contribution in [0.4, 0.5) is 4.79 Å². The van der Waals surface area contributed by atoms with E-state index in [-0.39, 0.29) is 11.9 Å². The second kappa shape index (κ2) is 8.91. The minimum absolute atomic E-state index is 0.0350. The van der Waals surface area contributed by atoms with E-state index in [2.05, 4.69) is 24.5 Å². The predicted molar refractivity (Wildman–Crippen MR) is 93.6 cm³/mol. The van der Waals surface area contributed by atoms with Crippen LogP contribution in [0, 0.1) is 5.92 Å². The van der Waals surface area contributed by atoms with Crippen LogP contribution < -0.4 is 10.6 Å². The number of carbonyl (C=O) groups excluding carboxylic acids is 2. The van der Waals surface area contributed by atoms with Crippen LogP contribution in [-0.2, 0) is 16.0 Å². The molecule has 0 spiro atoms. The van der Waals surface area contributed by atoms with Crippen LogP contribution in [0.5, 0.6) is 0 Å². The highest BCUT2D eigenvalue weighted by Crippen LogP contribution is 2.10. The molecule has 2 N–H and O–H groups in total. The van der Waals surface area contributed by atoms with Gasteiger partial charge in [0.15, 0.2) is 0 Å². The summed E-state index contributed by atoms with van der Waals surface area (Å²) in [6, 6.07) is 3.73. The van der Waals surface area contributed by atoms with Crippen LogP contribution >= 0.6 is 11.3 Å². The highest BCUT2D eigenvalue weighted by molar-refractivity contribution is 7.10. The summed E-state index contributed by atoms with van der Waals surface area (Å²) in [5.74, 6) is 0.372. The summed E-state index contributed by atoms with van der Waals surface area (Å²) in [6.45, 7) is 10.0. The zero-order valence-corrected chi connectivity index (χ0v) is 15.5. The molecule has 130 valence electrons. The molecule has 5 nitrogen and oxygen atoms in total. The topological polar surface area (TPSA) is 67.4 Å². The number of carbonyl (C=O) groups is 2. The van der Waals surface area contributed by atoms with Gasteiger partial charge in [-0.05, 0) is 44.6 Å². The summed E-state index contributed by atoms with van der Waals surface area (Å²) < 4.78 is 5.28. The van der Waals surface area contributed by atoms with Gasteiger partial charge < -0.3 is 15.4 Å². The van der Waals surface area contributed by atoms with E-state index in [4.69, 9.17) is 4.74 Å². The van der Waals surface area contributed by atoms with Gasteiger partial charge in [0.1, 0.15) is 5.60 Å². The zero-order valence-electron chi connectivity index (χ0n) is 14.6. The van der Waals surface area contributed by atoms with Crippen molar-refractivity contribution in [2.75, 3.05) is 6.54 Å². The molecule has 1 rings (SSSR count). The second-order valence-corrected chi connectivity index (χ2v) is 8.07. The van der Waals surface area contributed by atoms with Gasteiger partial charge in [-0.25, -0.2) is 4.79 Å². The third kappa shape index (κ3) is 9.23. The lowest BCUT2D eigenvalue weighted by molar-refractivity contribution is -0.120. The lowest BCUT2D eigenvalue weighted by Crippen LogP contribution is -2.46. The highest BCUT2D eigenvalue weighted by atomic mass is 32.1. The van der Waals surface area contributed by atoms with E-state index < -0.39 is 11.7 Å². The van der Waals surface area contributed by atoms with E-state index in [0.29, 0.717) is 18.9 Å². The number of amides is 2. The molecular weight excluding hydrogens is 312 g/mol. The number of ether oxygens (including phenoxy) is 1. The average Bonchev–Trinajstić information content (AvgIpc) is 2.85. The largest absolute Gasteiger partial charge is 0.444 e. The van der Waals surface area contributed by atoms with Crippen molar-refractivity contribution in [1.82, 2.24) is 10.6 Å². The molecule has 0 aliphatic heterocycles. The summed E-state index contributed by atoms with van der Waals surface area (Å²) in [5.41, 5.74) is -0.533. The number of hydrogen-bond acceptors (Lipinski definition) is 4. The minimum atomic E-state index is -0.533. The molecule has 0 saturated heterocycles. The Labute approximate surface area is 142 Å². The molecular formula is C17H28N2O3S. The molecule has 6 heteroatoms. The van der Waals surface area contributed by atoms with Crippen LogP contribution in [-0.4, -0.2) is 30.2 Å². The molecule has 0 bridgehead atoms. The van der Waals surface area contributed by atoms with Gasteiger partial charge in [-0.1, -0.05) is 19.9 Å². The fourth-order valence-electron chi connectivity index (χ4n) is 2.11. The van der Waals surface area contributed by atoms with Crippen molar-refractivity contribution in [2.24, 2.45) is 5.92 Å². The standard InChI is InChI=1S/C17H28N2O3S/c1-12(2)9-13(19-16(21)22-17(3,4)5)11-18-15(20)10-14-7-6-8-23-14/h6-8,12-13H,9-11H2,1-5H3,(H,18,20)(H,19,21)/t13-/m0/s1.